The van der Waals surface area contributed by atoms with Crippen LogP contribution in [0.4, 0.5) is 4.79 Å². The van der Waals surface area contributed by atoms with Crippen molar-refractivity contribution in [3.63, 3.8) is 0 Å². The fourth-order valence-corrected chi connectivity index (χ4v) is 3.06. The van der Waals surface area contributed by atoms with Crippen molar-refractivity contribution in [2.45, 2.75) is 18.8 Å². The van der Waals surface area contributed by atoms with Gasteiger partial charge in [-0.25, -0.2) is 14.5 Å². The fourth-order valence-electron chi connectivity index (χ4n) is 3.06. The minimum atomic E-state index is -0.559. The van der Waals surface area contributed by atoms with Gasteiger partial charge in [-0.1, -0.05) is 0 Å². The number of nitrogens with zero attached hydrogens (tertiary/aromatic N) is 3. The van der Waals surface area contributed by atoms with Gasteiger partial charge in [0.1, 0.15) is 12.4 Å². The lowest BCUT2D eigenvalue weighted by Crippen LogP contribution is -2.32. The highest BCUT2D eigenvalue weighted by Gasteiger charge is 2.28. The highest BCUT2D eigenvalue weighted by molar-refractivity contribution is 5.71. The number of hydrogen-bond donors (Lipinski definition) is 2. The lowest BCUT2D eigenvalue weighted by Gasteiger charge is -2.10. The van der Waals surface area contributed by atoms with E-state index in [9.17, 15) is 4.79 Å². The van der Waals surface area contributed by atoms with E-state index in [1.165, 1.54) is 12.8 Å². The first-order valence-corrected chi connectivity index (χ1v) is 9.51. The molecule has 29 heavy (non-hydrogen) atoms. The third-order valence-electron chi connectivity index (χ3n) is 4.72. The smallest absolute Gasteiger partial charge is 0.312 e. The maximum absolute atomic E-state index is 10.7. The fraction of sp³-hybridized carbons (Fsp3) is 0.286. The molecule has 3 aromatic rings. The number of pyridine rings is 1. The van der Waals surface area contributed by atoms with Crippen LogP contribution in [0.2, 0.25) is 0 Å². The van der Waals surface area contributed by atoms with Crippen molar-refractivity contribution >= 4 is 6.03 Å². The summed E-state index contributed by atoms with van der Waals surface area (Å²) in [6.45, 7) is 0.711. The van der Waals surface area contributed by atoms with Gasteiger partial charge in [0.15, 0.2) is 0 Å². The number of rotatable bonds is 8. The van der Waals surface area contributed by atoms with Crippen LogP contribution in [0.25, 0.3) is 16.9 Å². The van der Waals surface area contributed by atoms with Crippen molar-refractivity contribution in [3.05, 3.63) is 54.4 Å². The summed E-state index contributed by atoms with van der Waals surface area (Å²) in [5, 5.41) is 7.32. The molecule has 3 N–H and O–H groups in total. The quantitative estimate of drug-likeness (QED) is 0.573. The third-order valence-corrected chi connectivity index (χ3v) is 4.72. The van der Waals surface area contributed by atoms with Crippen LogP contribution in [-0.2, 0) is 0 Å². The molecule has 150 valence electrons. The summed E-state index contributed by atoms with van der Waals surface area (Å²) in [6, 6.07) is 13.2. The number of primary amides is 1. The SMILES string of the molecule is COc1ccc(-n2nc(C3CC3)cc2-c2ccc(OCCNC(N)=O)cc2)cn1. The molecule has 8 heteroatoms. The standard InChI is InChI=1S/C21H23N5O3/c1-28-20-9-6-16(13-24-20)26-19(12-18(25-26)14-2-3-14)15-4-7-17(8-5-15)29-11-10-23-21(22)27/h4-9,12-14H,2-3,10-11H2,1H3,(H3,22,23,27). The van der Waals surface area contributed by atoms with E-state index in [-0.39, 0.29) is 0 Å². The summed E-state index contributed by atoms with van der Waals surface area (Å²) in [5.74, 6) is 1.83. The predicted octanol–water partition coefficient (Wildman–Crippen LogP) is 2.87. The Balaban J connectivity index is 1.56. The summed E-state index contributed by atoms with van der Waals surface area (Å²) in [6.07, 6.45) is 4.13. The van der Waals surface area contributed by atoms with Crippen molar-refractivity contribution in [1.29, 1.82) is 0 Å². The molecule has 0 spiro atoms. The molecule has 8 nitrogen and oxygen atoms in total. The van der Waals surface area contributed by atoms with Crippen molar-refractivity contribution in [3.8, 4) is 28.6 Å². The van der Waals surface area contributed by atoms with Gasteiger partial charge in [-0.3, -0.25) is 0 Å². The first-order valence-electron chi connectivity index (χ1n) is 9.51. The first-order chi connectivity index (χ1) is 14.1. The molecule has 2 amide bonds. The van der Waals surface area contributed by atoms with Gasteiger partial charge >= 0.3 is 6.03 Å². The molecule has 0 saturated heterocycles. The first kappa shape index (κ1) is 18.8. The maximum atomic E-state index is 10.7. The van der Waals surface area contributed by atoms with E-state index in [0.29, 0.717) is 24.9 Å². The Bertz CT molecular complexity index is 979. The van der Waals surface area contributed by atoms with Crippen molar-refractivity contribution in [2.24, 2.45) is 5.73 Å². The van der Waals surface area contributed by atoms with Gasteiger partial charge in [0.05, 0.1) is 36.9 Å². The van der Waals surface area contributed by atoms with E-state index in [1.807, 2.05) is 41.1 Å². The second-order valence-corrected chi connectivity index (χ2v) is 6.86. The molecule has 0 atom stereocenters. The number of nitrogens with two attached hydrogens (primary N) is 1. The van der Waals surface area contributed by atoms with Gasteiger partial charge in [0, 0.05) is 17.5 Å². The van der Waals surface area contributed by atoms with Gasteiger partial charge < -0.3 is 20.5 Å². The molecule has 0 aliphatic heterocycles. The van der Waals surface area contributed by atoms with Gasteiger partial charge in [-0.05, 0) is 49.2 Å². The zero-order valence-corrected chi connectivity index (χ0v) is 16.2. The molecule has 0 bridgehead atoms. The Labute approximate surface area is 168 Å². The van der Waals surface area contributed by atoms with Crippen molar-refractivity contribution in [1.82, 2.24) is 20.1 Å². The molecule has 1 saturated carbocycles. The normalized spacial score (nSPS) is 13.1. The molecular weight excluding hydrogens is 370 g/mol. The highest BCUT2D eigenvalue weighted by atomic mass is 16.5. The molecule has 0 radical (unpaired) electrons. The third kappa shape index (κ3) is 4.48. The van der Waals surface area contributed by atoms with Crippen LogP contribution in [0.15, 0.2) is 48.7 Å². The number of ether oxygens (including phenoxy) is 2. The topological polar surface area (TPSA) is 104 Å². The van der Waals surface area contributed by atoms with Crippen molar-refractivity contribution in [2.75, 3.05) is 20.3 Å². The van der Waals surface area contributed by atoms with E-state index in [1.54, 1.807) is 13.3 Å². The minimum Gasteiger partial charge on any atom is -0.492 e. The van der Waals surface area contributed by atoms with Crippen LogP contribution in [0.1, 0.15) is 24.5 Å². The van der Waals surface area contributed by atoms with Crippen LogP contribution in [0.3, 0.4) is 0 Å². The van der Waals surface area contributed by atoms with Crippen LogP contribution in [-0.4, -0.2) is 41.1 Å². The maximum Gasteiger partial charge on any atom is 0.312 e. The molecule has 1 aliphatic rings. The Morgan fingerprint density at radius 2 is 2.03 bits per heavy atom. The molecule has 2 heterocycles. The number of aromatic nitrogens is 3. The summed E-state index contributed by atoms with van der Waals surface area (Å²) in [7, 11) is 1.60. The van der Waals surface area contributed by atoms with E-state index in [4.69, 9.17) is 20.3 Å². The number of urea groups is 1. The Morgan fingerprint density at radius 1 is 1.24 bits per heavy atom. The zero-order valence-electron chi connectivity index (χ0n) is 16.2. The minimum absolute atomic E-state index is 0.351. The van der Waals surface area contributed by atoms with Crippen LogP contribution < -0.4 is 20.5 Å². The van der Waals surface area contributed by atoms with Crippen LogP contribution in [0, 0.1) is 0 Å². The molecule has 1 aliphatic carbocycles. The second-order valence-electron chi connectivity index (χ2n) is 6.86. The summed E-state index contributed by atoms with van der Waals surface area (Å²) in [5.41, 5.74) is 9.05. The highest BCUT2D eigenvalue weighted by Crippen LogP contribution is 2.41. The molecule has 1 aromatic carbocycles. The molecule has 2 aromatic heterocycles. The number of carbonyl (C=O) groups is 1. The monoisotopic (exact) mass is 393 g/mol. The number of nitrogens with one attached hydrogen (secondary N) is 1. The van der Waals surface area contributed by atoms with Gasteiger partial charge in [0.25, 0.3) is 0 Å². The lowest BCUT2D eigenvalue weighted by atomic mass is 10.1. The van der Waals surface area contributed by atoms with Crippen LogP contribution >= 0.6 is 0 Å². The number of benzene rings is 1. The average Bonchev–Trinajstić information content (AvgIpc) is 3.50. The molecular formula is C21H23N5O3. The zero-order chi connectivity index (χ0) is 20.2. The summed E-state index contributed by atoms with van der Waals surface area (Å²) < 4.78 is 12.7. The van der Waals surface area contributed by atoms with Gasteiger partial charge in [0.2, 0.25) is 5.88 Å². The number of hydrogen-bond acceptors (Lipinski definition) is 5. The van der Waals surface area contributed by atoms with Crippen LogP contribution in [0.5, 0.6) is 11.6 Å². The summed E-state index contributed by atoms with van der Waals surface area (Å²) in [4.78, 5) is 15.0. The van der Waals surface area contributed by atoms with E-state index in [2.05, 4.69) is 16.4 Å². The van der Waals surface area contributed by atoms with Gasteiger partial charge in [-0.2, -0.15) is 5.10 Å². The predicted molar refractivity (Wildman–Crippen MR) is 108 cm³/mol. The molecule has 0 unspecified atom stereocenters. The largest absolute Gasteiger partial charge is 0.492 e. The number of carbonyl (C=O) groups excluding carboxylic acids is 1. The lowest BCUT2D eigenvalue weighted by molar-refractivity contribution is 0.244. The molecule has 4 rings (SSSR count). The number of amides is 2. The molecule has 1 fully saturated rings. The van der Waals surface area contributed by atoms with Gasteiger partial charge in [-0.15, -0.1) is 0 Å². The van der Waals surface area contributed by atoms with E-state index < -0.39 is 6.03 Å². The van der Waals surface area contributed by atoms with E-state index >= 15 is 0 Å². The van der Waals surface area contributed by atoms with E-state index in [0.717, 1.165) is 28.4 Å². The average molecular weight is 393 g/mol. The van der Waals surface area contributed by atoms with Crippen molar-refractivity contribution < 1.29 is 14.3 Å². The summed E-state index contributed by atoms with van der Waals surface area (Å²) >= 11 is 0. The second kappa shape index (κ2) is 8.22. The number of methoxy groups -OCH3 is 1. The Morgan fingerprint density at radius 3 is 2.66 bits per heavy atom. The Kier molecular flexibility index (Phi) is 5.33. The Hall–Kier alpha value is -3.55.